The number of allylic oxidation sites excluding steroid dienone is 1. The number of halogens is 1. The fourth-order valence-corrected chi connectivity index (χ4v) is 5.08. The molecule has 5 aromatic rings. The van der Waals surface area contributed by atoms with Gasteiger partial charge in [-0.3, -0.25) is 9.81 Å². The second-order valence-electron chi connectivity index (χ2n) is 8.24. The lowest BCUT2D eigenvalue weighted by atomic mass is 9.98. The van der Waals surface area contributed by atoms with Crippen LogP contribution in [-0.2, 0) is 0 Å². The van der Waals surface area contributed by atoms with Crippen LogP contribution in [0, 0.1) is 17.1 Å². The molecule has 9 heteroatoms. The molecule has 36 heavy (non-hydrogen) atoms. The lowest BCUT2D eigenvalue weighted by molar-refractivity contribution is -0.110. The van der Waals surface area contributed by atoms with E-state index in [1.54, 1.807) is 18.3 Å². The van der Waals surface area contributed by atoms with Crippen LogP contribution in [0.2, 0.25) is 0 Å². The number of pyridine rings is 1. The molecule has 0 amide bonds. The van der Waals surface area contributed by atoms with Crippen molar-refractivity contribution in [1.29, 1.82) is 5.26 Å². The largest absolute Gasteiger partial charge is 0.404 e. The summed E-state index contributed by atoms with van der Waals surface area (Å²) in [4.78, 5) is 9.06. The molecule has 7 nitrogen and oxygen atoms in total. The van der Waals surface area contributed by atoms with Crippen molar-refractivity contribution >= 4 is 38.5 Å². The van der Waals surface area contributed by atoms with Gasteiger partial charge in [0.2, 0.25) is 5.71 Å². The van der Waals surface area contributed by atoms with E-state index in [1.165, 1.54) is 29.7 Å². The third-order valence-electron chi connectivity index (χ3n) is 5.94. The summed E-state index contributed by atoms with van der Waals surface area (Å²) in [5, 5.41) is 26.1. The smallest absolute Gasteiger partial charge is 0.213 e. The van der Waals surface area contributed by atoms with Gasteiger partial charge in [-0.05, 0) is 55.0 Å². The van der Waals surface area contributed by atoms with E-state index < -0.39 is 6.10 Å². The van der Waals surface area contributed by atoms with Gasteiger partial charge in [0.1, 0.15) is 22.6 Å². The molecule has 0 saturated heterocycles. The second kappa shape index (κ2) is 9.70. The number of fused-ring (bicyclic) bond motifs is 2. The monoisotopic (exact) mass is 497 g/mol. The van der Waals surface area contributed by atoms with E-state index in [1.807, 2.05) is 40.9 Å². The Bertz CT molecular complexity index is 1660. The van der Waals surface area contributed by atoms with Gasteiger partial charge in [-0.25, -0.2) is 14.4 Å². The van der Waals surface area contributed by atoms with Crippen LogP contribution in [-0.4, -0.2) is 25.2 Å². The molecule has 0 bridgehead atoms. The minimum absolute atomic E-state index is 0.273. The van der Waals surface area contributed by atoms with Crippen LogP contribution in [0.5, 0.6) is 0 Å². The van der Waals surface area contributed by atoms with Crippen molar-refractivity contribution in [1.82, 2.24) is 14.4 Å². The molecule has 0 fully saturated rings. The number of rotatable bonds is 7. The Morgan fingerprint density at radius 3 is 2.72 bits per heavy atom. The zero-order valence-corrected chi connectivity index (χ0v) is 19.9. The van der Waals surface area contributed by atoms with Crippen molar-refractivity contribution in [2.24, 2.45) is 5.73 Å². The van der Waals surface area contributed by atoms with Gasteiger partial charge < -0.3 is 10.8 Å². The van der Waals surface area contributed by atoms with Gasteiger partial charge >= 0.3 is 0 Å². The Hall–Kier alpha value is -4.39. The van der Waals surface area contributed by atoms with Gasteiger partial charge in [-0.1, -0.05) is 6.07 Å². The van der Waals surface area contributed by atoms with E-state index in [4.69, 9.17) is 16.4 Å². The molecule has 5 N–H and O–H groups in total. The van der Waals surface area contributed by atoms with Crippen LogP contribution < -0.4 is 11.1 Å². The highest BCUT2D eigenvalue weighted by atomic mass is 32.1. The number of imidazole rings is 1. The molecule has 0 aliphatic rings. The Morgan fingerprint density at radius 1 is 1.19 bits per heavy atom. The third-order valence-corrected chi connectivity index (χ3v) is 7.06. The molecular formula is C27H22FN6OS+. The Balaban J connectivity index is 1.51. The molecule has 3 heterocycles. The van der Waals surface area contributed by atoms with Gasteiger partial charge in [0.15, 0.2) is 0 Å². The zero-order valence-electron chi connectivity index (χ0n) is 19.1. The summed E-state index contributed by atoms with van der Waals surface area (Å²) >= 11 is 1.41. The first-order valence-electron chi connectivity index (χ1n) is 11.2. The van der Waals surface area contributed by atoms with Gasteiger partial charge in [-0.2, -0.15) is 5.26 Å². The number of nitrogens with two attached hydrogens (primary N) is 2. The van der Waals surface area contributed by atoms with Crippen LogP contribution in [0.3, 0.4) is 0 Å². The highest BCUT2D eigenvalue weighted by Crippen LogP contribution is 2.32. The Kier molecular flexibility index (Phi) is 6.29. The maximum Gasteiger partial charge on any atom is 0.213 e. The van der Waals surface area contributed by atoms with Crippen LogP contribution in [0.25, 0.3) is 32.7 Å². The molecule has 178 valence electrons. The fraction of sp³-hybridized carbons (Fsp3) is 0.111. The molecule has 1 unspecified atom stereocenters. The lowest BCUT2D eigenvalue weighted by Gasteiger charge is -2.08. The van der Waals surface area contributed by atoms with Gasteiger partial charge in [0.05, 0.1) is 33.7 Å². The maximum atomic E-state index is 13.4. The van der Waals surface area contributed by atoms with Crippen molar-refractivity contribution in [3.63, 3.8) is 0 Å². The first-order valence-corrected chi connectivity index (χ1v) is 12.0. The first-order chi connectivity index (χ1) is 17.5. The van der Waals surface area contributed by atoms with Gasteiger partial charge in [0, 0.05) is 35.5 Å². The average Bonchev–Trinajstić information content (AvgIpc) is 3.51. The number of thiazole rings is 1. The van der Waals surface area contributed by atoms with Crippen LogP contribution in [0.4, 0.5) is 4.39 Å². The second-order valence-corrected chi connectivity index (χ2v) is 9.30. The molecule has 0 aliphatic heterocycles. The van der Waals surface area contributed by atoms with Crippen molar-refractivity contribution in [2.75, 3.05) is 0 Å². The molecule has 5 rings (SSSR count). The standard InChI is InChI=1S/C27H21FN6OS/c28-19-7-3-16(4-8-19)26(31)20(13-30)18-6-10-25-32-14-22(34(25)15-18)17-5-9-21-24(12-17)36-27(33-21)23(35)2-1-11-29/h3-10,12-15,23,31,35H,1-2,30H2/p+1. The van der Waals surface area contributed by atoms with E-state index >= 15 is 0 Å². The Morgan fingerprint density at radius 2 is 1.97 bits per heavy atom. The van der Waals surface area contributed by atoms with Gasteiger partial charge in [-0.15, -0.1) is 11.3 Å². The molecule has 0 radical (unpaired) electrons. The quantitative estimate of drug-likeness (QED) is 0.296. The number of nitriles is 1. The minimum Gasteiger partial charge on any atom is -0.404 e. The number of hydrogen-bond acceptors (Lipinski definition) is 6. The van der Waals surface area contributed by atoms with Crippen molar-refractivity contribution in [2.45, 2.75) is 18.9 Å². The summed E-state index contributed by atoms with van der Waals surface area (Å²) in [6.07, 6.45) is 5.03. The number of nitrogens with zero attached hydrogens (tertiary/aromatic N) is 4. The highest BCUT2D eigenvalue weighted by Gasteiger charge is 2.18. The van der Waals surface area contributed by atoms with Crippen LogP contribution in [0.15, 0.2) is 73.2 Å². The SMILES string of the molecule is N#CCCC(O)c1nc2ccc(-c3cnc4ccc(C(=CN)C(=[NH2+])c5ccc(F)cc5)cn34)cc2s1. The normalized spacial score (nSPS) is 12.6. The molecule has 0 spiro atoms. The van der Waals surface area contributed by atoms with E-state index in [0.29, 0.717) is 28.3 Å². The number of aliphatic hydroxyl groups excluding tert-OH is 1. The Labute approximate surface area is 210 Å². The summed E-state index contributed by atoms with van der Waals surface area (Å²) in [5.74, 6) is -0.337. The van der Waals surface area contributed by atoms with Crippen molar-refractivity contribution < 1.29 is 14.9 Å². The number of aliphatic hydroxyl groups is 1. The van der Waals surface area contributed by atoms with Crippen LogP contribution >= 0.6 is 11.3 Å². The molecule has 1 atom stereocenters. The number of hydrogen-bond donors (Lipinski definition) is 3. The average molecular weight is 498 g/mol. The molecular weight excluding hydrogens is 475 g/mol. The highest BCUT2D eigenvalue weighted by molar-refractivity contribution is 7.18. The predicted octanol–water partition coefficient (Wildman–Crippen LogP) is 3.64. The van der Waals surface area contributed by atoms with Crippen LogP contribution in [0.1, 0.15) is 35.1 Å². The van der Waals surface area contributed by atoms with Crippen molar-refractivity contribution in [3.8, 4) is 17.3 Å². The summed E-state index contributed by atoms with van der Waals surface area (Å²) < 4.78 is 16.3. The predicted molar refractivity (Wildman–Crippen MR) is 138 cm³/mol. The van der Waals surface area contributed by atoms with Crippen molar-refractivity contribution in [3.05, 3.63) is 95.1 Å². The fourth-order valence-electron chi connectivity index (χ4n) is 4.05. The van der Waals surface area contributed by atoms with E-state index in [9.17, 15) is 9.50 Å². The molecule has 0 aliphatic carbocycles. The summed E-state index contributed by atoms with van der Waals surface area (Å²) in [7, 11) is 0. The third kappa shape index (κ3) is 4.35. The summed E-state index contributed by atoms with van der Waals surface area (Å²) in [6, 6.07) is 17.7. The zero-order chi connectivity index (χ0) is 25.2. The summed E-state index contributed by atoms with van der Waals surface area (Å²) in [5.41, 5.74) is 11.8. The van der Waals surface area contributed by atoms with E-state index in [2.05, 4.69) is 16.0 Å². The first kappa shape index (κ1) is 23.4. The number of aromatic nitrogens is 3. The topological polar surface area (TPSA) is 126 Å². The lowest BCUT2D eigenvalue weighted by Crippen LogP contribution is -2.41. The maximum absolute atomic E-state index is 13.4. The van der Waals surface area contributed by atoms with E-state index in [0.717, 1.165) is 32.7 Å². The molecule has 3 aromatic heterocycles. The number of benzene rings is 2. The summed E-state index contributed by atoms with van der Waals surface area (Å²) in [6.45, 7) is 0. The molecule has 0 saturated carbocycles. The minimum atomic E-state index is -0.756. The van der Waals surface area contributed by atoms with Gasteiger partial charge in [0.25, 0.3) is 0 Å². The van der Waals surface area contributed by atoms with E-state index in [-0.39, 0.29) is 12.2 Å². The molecule has 2 aromatic carbocycles.